The Labute approximate surface area is 64.5 Å². The molecule has 0 aliphatic carbocycles. The summed E-state index contributed by atoms with van der Waals surface area (Å²) in [5.74, 6) is 0. The first-order valence-corrected chi connectivity index (χ1v) is 6.51. The van der Waals surface area contributed by atoms with E-state index in [4.69, 9.17) is 0 Å². The molecule has 0 spiro atoms. The summed E-state index contributed by atoms with van der Waals surface area (Å²) < 4.78 is 0. The molecule has 0 aliphatic heterocycles. The Bertz CT molecular complexity index is 207. The second-order valence-electron chi connectivity index (χ2n) is 2.92. The fraction of sp³-hybridized carbons (Fsp3) is 0.286. The maximum Gasteiger partial charge on any atom is 0.141 e. The van der Waals surface area contributed by atoms with E-state index in [9.17, 15) is 0 Å². The van der Waals surface area contributed by atoms with Crippen molar-refractivity contribution >= 4 is 27.4 Å². The Hall–Kier alpha value is -0.568. The van der Waals surface area contributed by atoms with Crippen molar-refractivity contribution in [3.05, 3.63) is 18.3 Å². The van der Waals surface area contributed by atoms with Crippen LogP contribution in [0, 0.1) is 0 Å². The molecular weight excluding hydrogens is 137 g/mol. The van der Waals surface area contributed by atoms with Gasteiger partial charge < -0.3 is 0 Å². The predicted octanol–water partition coefficient (Wildman–Crippen LogP) is -0.966. The van der Waals surface area contributed by atoms with Crippen LogP contribution in [0.15, 0.2) is 18.3 Å². The average molecular weight is 149 g/mol. The van der Waals surface area contributed by atoms with Gasteiger partial charge in [0.2, 0.25) is 0 Å². The summed E-state index contributed by atoms with van der Waals surface area (Å²) in [4.78, 5) is 4.34. The zero-order valence-corrected chi connectivity index (χ0v) is 7.91. The van der Waals surface area contributed by atoms with Gasteiger partial charge in [-0.3, -0.25) is 4.98 Å². The number of nitrogens with zero attached hydrogens (tertiary/aromatic N) is 1. The lowest BCUT2D eigenvalue weighted by Gasteiger charge is -2.01. The quantitative estimate of drug-likeness (QED) is 0.468. The van der Waals surface area contributed by atoms with E-state index in [0.717, 1.165) is 0 Å². The lowest BCUT2D eigenvalue weighted by molar-refractivity contribution is 1.40. The number of pyridine rings is 1. The van der Waals surface area contributed by atoms with E-state index in [2.05, 4.69) is 38.1 Å². The lowest BCUT2D eigenvalue weighted by Crippen LogP contribution is -2.27. The highest BCUT2D eigenvalue weighted by Crippen LogP contribution is 1.79. The van der Waals surface area contributed by atoms with E-state index < -0.39 is 8.80 Å². The predicted molar refractivity (Wildman–Crippen MR) is 50.9 cm³/mol. The smallest absolute Gasteiger partial charge is 0.141 e. The van der Waals surface area contributed by atoms with Crippen LogP contribution in [0.2, 0.25) is 13.1 Å². The van der Waals surface area contributed by atoms with Gasteiger partial charge in [-0.05, 0) is 6.07 Å². The Morgan fingerprint density at radius 2 is 2.10 bits per heavy atom. The van der Waals surface area contributed by atoms with Crippen LogP contribution in [0.1, 0.15) is 0 Å². The van der Waals surface area contributed by atoms with E-state index >= 15 is 0 Å². The molecular formula is C7H12BNSi. The molecule has 0 unspecified atom stereocenters. The molecule has 1 heterocycles. The zero-order chi connectivity index (χ0) is 7.56. The highest BCUT2D eigenvalue weighted by atomic mass is 28.3. The highest BCUT2D eigenvalue weighted by Gasteiger charge is 1.99. The van der Waals surface area contributed by atoms with Gasteiger partial charge >= 0.3 is 0 Å². The fourth-order valence-electron chi connectivity index (χ4n) is 0.821. The van der Waals surface area contributed by atoms with Gasteiger partial charge in [0.25, 0.3) is 0 Å². The third-order valence-electron chi connectivity index (χ3n) is 1.53. The number of rotatable bonds is 1. The van der Waals surface area contributed by atoms with Crippen LogP contribution in [-0.2, 0) is 0 Å². The Morgan fingerprint density at radius 1 is 1.40 bits per heavy atom. The van der Waals surface area contributed by atoms with Crippen molar-refractivity contribution in [2.45, 2.75) is 13.1 Å². The topological polar surface area (TPSA) is 12.9 Å². The van der Waals surface area contributed by atoms with Gasteiger partial charge in [-0.25, -0.2) is 0 Å². The van der Waals surface area contributed by atoms with E-state index in [-0.39, 0.29) is 0 Å². The summed E-state index contributed by atoms with van der Waals surface area (Å²) in [7, 11) is 1.41. The Balaban J connectivity index is 2.89. The summed E-state index contributed by atoms with van der Waals surface area (Å²) in [6, 6.07) is 4.28. The molecule has 0 aromatic carbocycles. The van der Waals surface area contributed by atoms with Crippen LogP contribution in [0.5, 0.6) is 0 Å². The molecule has 1 rings (SSSR count). The minimum absolute atomic E-state index is 0.661. The van der Waals surface area contributed by atoms with Gasteiger partial charge in [-0.15, -0.1) is 0 Å². The molecule has 10 heavy (non-hydrogen) atoms. The van der Waals surface area contributed by atoms with Gasteiger partial charge in [0.1, 0.15) is 7.85 Å². The van der Waals surface area contributed by atoms with Crippen molar-refractivity contribution in [2.24, 2.45) is 0 Å². The van der Waals surface area contributed by atoms with Crippen molar-refractivity contribution in [1.82, 2.24) is 4.98 Å². The van der Waals surface area contributed by atoms with Crippen LogP contribution in [0.4, 0.5) is 0 Å². The number of hydrogen-bond acceptors (Lipinski definition) is 1. The van der Waals surface area contributed by atoms with Crippen LogP contribution in [0.3, 0.4) is 0 Å². The SMILES string of the molecule is Bc1ccc([SiH](C)C)nc1. The Kier molecular flexibility index (Phi) is 2.27. The lowest BCUT2D eigenvalue weighted by atomic mass is 9.99. The van der Waals surface area contributed by atoms with Crippen molar-refractivity contribution < 1.29 is 0 Å². The summed E-state index contributed by atoms with van der Waals surface area (Å²) in [5.41, 5.74) is 1.25. The first-order valence-electron chi connectivity index (χ1n) is 3.62. The maximum atomic E-state index is 4.34. The van der Waals surface area contributed by atoms with Crippen LogP contribution < -0.4 is 10.8 Å². The summed E-state index contributed by atoms with van der Waals surface area (Å²) in [5, 5.41) is 1.31. The van der Waals surface area contributed by atoms with Gasteiger partial charge in [0, 0.05) is 11.5 Å². The molecule has 0 saturated heterocycles. The Morgan fingerprint density at radius 3 is 2.50 bits per heavy atom. The molecule has 0 atom stereocenters. The molecule has 0 aliphatic rings. The molecule has 52 valence electrons. The fourth-order valence-corrected chi connectivity index (χ4v) is 1.67. The van der Waals surface area contributed by atoms with Gasteiger partial charge in [-0.2, -0.15) is 0 Å². The third kappa shape index (κ3) is 1.70. The van der Waals surface area contributed by atoms with Crippen molar-refractivity contribution in [3.63, 3.8) is 0 Å². The number of aromatic nitrogens is 1. The summed E-state index contributed by atoms with van der Waals surface area (Å²) >= 11 is 0. The summed E-state index contributed by atoms with van der Waals surface area (Å²) in [6.45, 7) is 4.58. The molecule has 0 bridgehead atoms. The maximum absolute atomic E-state index is 4.34. The van der Waals surface area contributed by atoms with Crippen LogP contribution in [0.25, 0.3) is 0 Å². The largest absolute Gasteiger partial charge is 0.267 e. The second-order valence-corrected chi connectivity index (χ2v) is 5.82. The number of hydrogen-bond donors (Lipinski definition) is 0. The third-order valence-corrected chi connectivity index (χ3v) is 3.05. The molecule has 0 fully saturated rings. The highest BCUT2D eigenvalue weighted by molar-refractivity contribution is 6.69. The van der Waals surface area contributed by atoms with Gasteiger partial charge in [-0.1, -0.05) is 24.6 Å². The van der Waals surface area contributed by atoms with Crippen molar-refractivity contribution in [3.8, 4) is 0 Å². The monoisotopic (exact) mass is 149 g/mol. The van der Waals surface area contributed by atoms with Crippen LogP contribution in [-0.4, -0.2) is 21.6 Å². The van der Waals surface area contributed by atoms with E-state index in [0.29, 0.717) is 0 Å². The summed E-state index contributed by atoms with van der Waals surface area (Å²) in [6.07, 6.45) is 1.95. The van der Waals surface area contributed by atoms with E-state index in [1.165, 1.54) is 10.8 Å². The van der Waals surface area contributed by atoms with Gasteiger partial charge in [0.15, 0.2) is 0 Å². The standard InChI is InChI=1S/C7H12BNSi/c1-10(2)7-4-3-6(8)5-9-7/h3-5,10H,8H2,1-2H3. The average Bonchev–Trinajstić information content (AvgIpc) is 1.88. The molecule has 1 nitrogen and oxygen atoms in total. The molecule has 3 heteroatoms. The molecule has 1 aromatic rings. The van der Waals surface area contributed by atoms with E-state index in [1.807, 2.05) is 6.20 Å². The van der Waals surface area contributed by atoms with Crippen molar-refractivity contribution in [1.29, 1.82) is 0 Å². The van der Waals surface area contributed by atoms with Crippen molar-refractivity contribution in [2.75, 3.05) is 0 Å². The molecule has 1 aromatic heterocycles. The molecule has 0 amide bonds. The second kappa shape index (κ2) is 3.01. The van der Waals surface area contributed by atoms with E-state index in [1.54, 1.807) is 0 Å². The first-order chi connectivity index (χ1) is 4.70. The minimum Gasteiger partial charge on any atom is -0.267 e. The molecule has 0 N–H and O–H groups in total. The zero-order valence-electron chi connectivity index (χ0n) is 6.76. The normalized spacial score (nSPS) is 10.3. The van der Waals surface area contributed by atoms with Crippen LogP contribution >= 0.6 is 0 Å². The minimum atomic E-state index is -0.661. The molecule has 0 radical (unpaired) electrons. The first kappa shape index (κ1) is 7.54. The van der Waals surface area contributed by atoms with Gasteiger partial charge in [0.05, 0.1) is 8.80 Å². The molecule has 0 saturated carbocycles.